The van der Waals surface area contributed by atoms with Gasteiger partial charge in [-0.15, -0.1) is 0 Å². The molecule has 1 aliphatic heterocycles. The Morgan fingerprint density at radius 1 is 1.32 bits per heavy atom. The van der Waals surface area contributed by atoms with E-state index in [1.54, 1.807) is 29.7 Å². The molecule has 0 aromatic carbocycles. The van der Waals surface area contributed by atoms with Crippen LogP contribution in [0.2, 0.25) is 0 Å². The summed E-state index contributed by atoms with van der Waals surface area (Å²) >= 11 is 0. The summed E-state index contributed by atoms with van der Waals surface area (Å²) in [5.74, 6) is 1.32. The van der Waals surface area contributed by atoms with Gasteiger partial charge in [0.05, 0.1) is 6.54 Å². The summed E-state index contributed by atoms with van der Waals surface area (Å²) in [6.07, 6.45) is 0. The number of carbonyl (C=O) groups excluding carboxylic acids is 2. The lowest BCUT2D eigenvalue weighted by Gasteiger charge is -2.34. The van der Waals surface area contributed by atoms with Gasteiger partial charge in [-0.2, -0.15) is 0 Å². The largest absolute Gasteiger partial charge is 0.360 e. The second-order valence-corrected chi connectivity index (χ2v) is 4.56. The molecule has 104 valence electrons. The number of nitrogens with one attached hydrogen (secondary N) is 1. The van der Waals surface area contributed by atoms with Crippen molar-refractivity contribution < 1.29 is 14.1 Å². The van der Waals surface area contributed by atoms with E-state index in [9.17, 15) is 9.59 Å². The number of nitrogens with zero attached hydrogens (tertiary/aromatic N) is 3. The molecule has 1 aliphatic rings. The Balaban J connectivity index is 1.77. The average molecular weight is 266 g/mol. The van der Waals surface area contributed by atoms with Crippen LogP contribution in [0.25, 0.3) is 0 Å². The van der Waals surface area contributed by atoms with Gasteiger partial charge in [-0.05, 0) is 6.92 Å². The molecule has 0 aliphatic carbocycles. The van der Waals surface area contributed by atoms with Crippen LogP contribution >= 0.6 is 0 Å². The van der Waals surface area contributed by atoms with Gasteiger partial charge in [-0.3, -0.25) is 9.59 Å². The first-order valence-corrected chi connectivity index (χ1v) is 6.27. The van der Waals surface area contributed by atoms with Crippen molar-refractivity contribution in [3.05, 3.63) is 11.8 Å². The second kappa shape index (κ2) is 5.73. The van der Waals surface area contributed by atoms with E-state index in [-0.39, 0.29) is 18.4 Å². The van der Waals surface area contributed by atoms with E-state index in [2.05, 4.69) is 10.5 Å². The lowest BCUT2D eigenvalue weighted by atomic mass is 10.3. The molecular formula is C12H18N4O3. The third-order valence-electron chi connectivity index (χ3n) is 3.13. The topological polar surface area (TPSA) is 78.7 Å². The maximum atomic E-state index is 12.0. The van der Waals surface area contributed by atoms with E-state index in [4.69, 9.17) is 4.52 Å². The highest BCUT2D eigenvalue weighted by atomic mass is 16.5. The highest BCUT2D eigenvalue weighted by Gasteiger charge is 2.22. The molecule has 1 aromatic rings. The number of hydrogen-bond donors (Lipinski definition) is 1. The van der Waals surface area contributed by atoms with E-state index in [0.717, 1.165) is 0 Å². The molecule has 7 heteroatoms. The molecule has 2 amide bonds. The average Bonchev–Trinajstić information content (AvgIpc) is 2.82. The van der Waals surface area contributed by atoms with Crippen LogP contribution in [-0.2, 0) is 9.59 Å². The van der Waals surface area contributed by atoms with Gasteiger partial charge in [0.1, 0.15) is 5.76 Å². The van der Waals surface area contributed by atoms with Crippen molar-refractivity contribution in [2.75, 3.05) is 38.0 Å². The fourth-order valence-electron chi connectivity index (χ4n) is 2.00. The Labute approximate surface area is 111 Å². The van der Waals surface area contributed by atoms with Gasteiger partial charge >= 0.3 is 0 Å². The minimum atomic E-state index is 0.00357. The van der Waals surface area contributed by atoms with Gasteiger partial charge in [0.15, 0.2) is 5.82 Å². The number of piperazine rings is 1. The molecule has 1 fully saturated rings. The van der Waals surface area contributed by atoms with Crippen LogP contribution in [0.5, 0.6) is 0 Å². The third-order valence-corrected chi connectivity index (χ3v) is 3.13. The molecule has 0 spiro atoms. The molecule has 1 N–H and O–H groups in total. The molecular weight excluding hydrogens is 248 g/mol. The predicted octanol–water partition coefficient (Wildman–Crippen LogP) is 0.0856. The van der Waals surface area contributed by atoms with Crippen molar-refractivity contribution >= 4 is 17.6 Å². The summed E-state index contributed by atoms with van der Waals surface area (Å²) in [6, 6.07) is 1.74. The van der Waals surface area contributed by atoms with Crippen LogP contribution in [0.1, 0.15) is 12.7 Å². The SMILES string of the molecule is CC(=O)N1CCN(C(=O)CNc2cc(C)on2)CC1. The molecule has 2 rings (SSSR count). The standard InChI is InChI=1S/C12H18N4O3/c1-9-7-11(14-19-9)13-8-12(18)16-5-3-15(4-6-16)10(2)17/h7H,3-6,8H2,1-2H3,(H,13,14). The van der Waals surface area contributed by atoms with Crippen molar-refractivity contribution in [1.29, 1.82) is 0 Å². The molecule has 19 heavy (non-hydrogen) atoms. The van der Waals surface area contributed by atoms with Crippen LogP contribution in [0, 0.1) is 6.92 Å². The number of rotatable bonds is 3. The van der Waals surface area contributed by atoms with Crippen LogP contribution in [0.4, 0.5) is 5.82 Å². The van der Waals surface area contributed by atoms with Gasteiger partial charge in [0.2, 0.25) is 11.8 Å². The number of hydrogen-bond acceptors (Lipinski definition) is 5. The molecule has 0 atom stereocenters. The van der Waals surface area contributed by atoms with Crippen molar-refractivity contribution in [2.45, 2.75) is 13.8 Å². The first-order chi connectivity index (χ1) is 9.06. The van der Waals surface area contributed by atoms with Crippen molar-refractivity contribution in [3.8, 4) is 0 Å². The lowest BCUT2D eigenvalue weighted by molar-refractivity contribution is -0.137. The molecule has 7 nitrogen and oxygen atoms in total. The third kappa shape index (κ3) is 3.46. The van der Waals surface area contributed by atoms with Gasteiger partial charge in [0.25, 0.3) is 0 Å². The maximum Gasteiger partial charge on any atom is 0.242 e. The van der Waals surface area contributed by atoms with Crippen molar-refractivity contribution in [3.63, 3.8) is 0 Å². The highest BCUT2D eigenvalue weighted by Crippen LogP contribution is 2.07. The van der Waals surface area contributed by atoms with Crippen LogP contribution in [0.3, 0.4) is 0 Å². The Kier molecular flexibility index (Phi) is 4.03. The fourth-order valence-corrected chi connectivity index (χ4v) is 2.00. The van der Waals surface area contributed by atoms with Crippen molar-refractivity contribution in [1.82, 2.24) is 15.0 Å². The fraction of sp³-hybridized carbons (Fsp3) is 0.583. The highest BCUT2D eigenvalue weighted by molar-refractivity contribution is 5.81. The van der Waals surface area contributed by atoms with Gasteiger partial charge < -0.3 is 19.6 Å². The monoisotopic (exact) mass is 266 g/mol. The summed E-state index contributed by atoms with van der Waals surface area (Å²) in [5.41, 5.74) is 0. The number of amides is 2. The smallest absolute Gasteiger partial charge is 0.242 e. The van der Waals surface area contributed by atoms with Gasteiger partial charge in [-0.1, -0.05) is 5.16 Å². The zero-order chi connectivity index (χ0) is 13.8. The summed E-state index contributed by atoms with van der Waals surface area (Å²) in [7, 11) is 0. The zero-order valence-electron chi connectivity index (χ0n) is 11.2. The van der Waals surface area contributed by atoms with E-state index in [1.165, 1.54) is 0 Å². The molecule has 2 heterocycles. The van der Waals surface area contributed by atoms with Gasteiger partial charge in [0, 0.05) is 39.2 Å². The predicted molar refractivity (Wildman–Crippen MR) is 68.6 cm³/mol. The zero-order valence-corrected chi connectivity index (χ0v) is 11.2. The summed E-state index contributed by atoms with van der Waals surface area (Å²) in [5, 5.41) is 6.68. The van der Waals surface area contributed by atoms with Gasteiger partial charge in [-0.25, -0.2) is 0 Å². The molecule has 0 radical (unpaired) electrons. The molecule has 1 saturated heterocycles. The minimum absolute atomic E-state index is 0.00357. The van der Waals surface area contributed by atoms with Crippen molar-refractivity contribution in [2.24, 2.45) is 0 Å². The summed E-state index contributed by atoms with van der Waals surface area (Å²) < 4.78 is 4.90. The quantitative estimate of drug-likeness (QED) is 0.838. The lowest BCUT2D eigenvalue weighted by Crippen LogP contribution is -2.51. The number of aromatic nitrogens is 1. The molecule has 0 bridgehead atoms. The first-order valence-electron chi connectivity index (χ1n) is 6.27. The summed E-state index contributed by atoms with van der Waals surface area (Å²) in [4.78, 5) is 26.6. The van der Waals surface area contributed by atoms with Crippen LogP contribution in [-0.4, -0.2) is 59.5 Å². The first kappa shape index (κ1) is 13.4. The number of carbonyl (C=O) groups is 2. The van der Waals surface area contributed by atoms with E-state index >= 15 is 0 Å². The Bertz CT molecular complexity index is 463. The van der Waals surface area contributed by atoms with E-state index < -0.39 is 0 Å². The van der Waals surface area contributed by atoms with Crippen LogP contribution < -0.4 is 5.32 Å². The number of aryl methyl sites for hydroxylation is 1. The number of anilines is 1. The minimum Gasteiger partial charge on any atom is -0.360 e. The molecule has 1 aromatic heterocycles. The van der Waals surface area contributed by atoms with Crippen LogP contribution in [0.15, 0.2) is 10.6 Å². The Morgan fingerprint density at radius 3 is 2.47 bits per heavy atom. The maximum absolute atomic E-state index is 12.0. The normalized spacial score (nSPS) is 15.5. The van der Waals surface area contributed by atoms with E-state index in [1.807, 2.05) is 0 Å². The Morgan fingerprint density at radius 2 is 1.95 bits per heavy atom. The Hall–Kier alpha value is -2.05. The van der Waals surface area contributed by atoms with E-state index in [0.29, 0.717) is 37.8 Å². The summed E-state index contributed by atoms with van der Waals surface area (Å²) in [6.45, 7) is 5.89. The molecule has 0 saturated carbocycles. The molecule has 0 unspecified atom stereocenters. The second-order valence-electron chi connectivity index (χ2n) is 4.56.